The van der Waals surface area contributed by atoms with Crippen molar-refractivity contribution in [1.82, 2.24) is 0 Å². The van der Waals surface area contributed by atoms with Crippen LogP contribution in [0.1, 0.15) is 31.9 Å². The first-order valence-electron chi connectivity index (χ1n) is 7.10. The van der Waals surface area contributed by atoms with Crippen LogP contribution >= 0.6 is 0 Å². The van der Waals surface area contributed by atoms with Crippen molar-refractivity contribution in [3.05, 3.63) is 53.6 Å². The fraction of sp³-hybridized carbons (Fsp3) is 0.333. The number of benzene rings is 2. The lowest BCUT2D eigenvalue weighted by molar-refractivity contribution is 0.406. The van der Waals surface area contributed by atoms with Crippen LogP contribution in [0.15, 0.2) is 42.5 Å². The van der Waals surface area contributed by atoms with E-state index in [1.54, 1.807) is 13.2 Å². The predicted molar refractivity (Wildman–Crippen MR) is 87.1 cm³/mol. The summed E-state index contributed by atoms with van der Waals surface area (Å²) < 4.78 is 5.08. The zero-order valence-electron chi connectivity index (χ0n) is 13.1. The Morgan fingerprint density at radius 1 is 1.05 bits per heavy atom. The van der Waals surface area contributed by atoms with Crippen LogP contribution in [-0.2, 0) is 12.0 Å². The first-order chi connectivity index (χ1) is 9.90. The van der Waals surface area contributed by atoms with E-state index in [0.717, 1.165) is 11.3 Å². The van der Waals surface area contributed by atoms with Crippen LogP contribution in [0.2, 0.25) is 0 Å². The Morgan fingerprint density at radius 3 is 2.24 bits per heavy atom. The zero-order chi connectivity index (χ0) is 15.5. The van der Waals surface area contributed by atoms with Crippen molar-refractivity contribution in [2.24, 2.45) is 0 Å². The third kappa shape index (κ3) is 3.91. The molecule has 0 aromatic heterocycles. The van der Waals surface area contributed by atoms with E-state index in [2.05, 4.69) is 50.4 Å². The number of anilines is 1. The van der Waals surface area contributed by atoms with Crippen molar-refractivity contribution in [2.75, 3.05) is 12.4 Å². The number of ether oxygens (including phenoxy) is 1. The molecule has 2 aromatic carbocycles. The van der Waals surface area contributed by atoms with Gasteiger partial charge in [-0.15, -0.1) is 0 Å². The molecular weight excluding hydrogens is 262 g/mol. The summed E-state index contributed by atoms with van der Waals surface area (Å²) >= 11 is 0. The van der Waals surface area contributed by atoms with E-state index in [1.165, 1.54) is 5.56 Å². The molecule has 0 aliphatic heterocycles. The van der Waals surface area contributed by atoms with E-state index >= 15 is 0 Å². The number of aromatic hydroxyl groups is 1. The Kier molecular flexibility index (Phi) is 4.41. The Balaban J connectivity index is 2.03. The SMILES string of the molecule is COc1ccc(CNc2ccc(C(C)(C)C)cc2)c(O)c1. The van der Waals surface area contributed by atoms with Gasteiger partial charge in [-0.25, -0.2) is 0 Å². The molecule has 0 radical (unpaired) electrons. The Hall–Kier alpha value is -2.16. The second-order valence-corrected chi connectivity index (χ2v) is 6.18. The van der Waals surface area contributed by atoms with Gasteiger partial charge in [-0.3, -0.25) is 0 Å². The van der Waals surface area contributed by atoms with Crippen LogP contribution in [0.5, 0.6) is 11.5 Å². The fourth-order valence-electron chi connectivity index (χ4n) is 2.11. The average molecular weight is 285 g/mol. The molecule has 0 unspecified atom stereocenters. The molecule has 0 heterocycles. The van der Waals surface area contributed by atoms with Crippen LogP contribution in [0, 0.1) is 0 Å². The molecule has 112 valence electrons. The monoisotopic (exact) mass is 285 g/mol. The lowest BCUT2D eigenvalue weighted by atomic mass is 9.87. The summed E-state index contributed by atoms with van der Waals surface area (Å²) in [7, 11) is 1.59. The Labute approximate surface area is 126 Å². The summed E-state index contributed by atoms with van der Waals surface area (Å²) in [6.07, 6.45) is 0. The first-order valence-corrected chi connectivity index (χ1v) is 7.10. The number of hydrogen-bond donors (Lipinski definition) is 2. The summed E-state index contributed by atoms with van der Waals surface area (Å²) in [5.41, 5.74) is 3.35. The third-order valence-corrected chi connectivity index (χ3v) is 3.53. The van der Waals surface area contributed by atoms with Crippen molar-refractivity contribution < 1.29 is 9.84 Å². The van der Waals surface area contributed by atoms with Crippen LogP contribution < -0.4 is 10.1 Å². The van der Waals surface area contributed by atoms with Gasteiger partial charge in [0.2, 0.25) is 0 Å². The normalized spacial score (nSPS) is 11.2. The molecule has 0 fully saturated rings. The summed E-state index contributed by atoms with van der Waals surface area (Å²) in [4.78, 5) is 0. The maximum atomic E-state index is 9.93. The van der Waals surface area contributed by atoms with E-state index in [0.29, 0.717) is 12.3 Å². The molecule has 2 N–H and O–H groups in total. The second-order valence-electron chi connectivity index (χ2n) is 6.18. The molecule has 3 heteroatoms. The fourth-order valence-corrected chi connectivity index (χ4v) is 2.11. The quantitative estimate of drug-likeness (QED) is 0.879. The molecule has 0 amide bonds. The highest BCUT2D eigenvalue weighted by Crippen LogP contribution is 2.26. The maximum absolute atomic E-state index is 9.93. The highest BCUT2D eigenvalue weighted by atomic mass is 16.5. The molecule has 3 nitrogen and oxygen atoms in total. The zero-order valence-corrected chi connectivity index (χ0v) is 13.1. The summed E-state index contributed by atoms with van der Waals surface area (Å²) in [5, 5.41) is 13.2. The van der Waals surface area contributed by atoms with Gasteiger partial charge in [0.15, 0.2) is 0 Å². The maximum Gasteiger partial charge on any atom is 0.124 e. The second kappa shape index (κ2) is 6.08. The molecule has 0 aliphatic rings. The van der Waals surface area contributed by atoms with Crippen molar-refractivity contribution in [3.63, 3.8) is 0 Å². The van der Waals surface area contributed by atoms with Gasteiger partial charge in [0.1, 0.15) is 11.5 Å². The average Bonchev–Trinajstić information content (AvgIpc) is 2.45. The van der Waals surface area contributed by atoms with Crippen molar-refractivity contribution in [3.8, 4) is 11.5 Å². The standard InChI is InChI=1S/C18H23NO2/c1-18(2,3)14-6-8-15(9-7-14)19-12-13-5-10-16(21-4)11-17(13)20/h5-11,19-20H,12H2,1-4H3. The molecule has 0 atom stereocenters. The molecular formula is C18H23NO2. The molecule has 0 spiro atoms. The van der Waals surface area contributed by atoms with Crippen LogP contribution in [0.25, 0.3) is 0 Å². The molecule has 21 heavy (non-hydrogen) atoms. The predicted octanol–water partition coefficient (Wildman–Crippen LogP) is 4.31. The molecule has 0 aliphatic carbocycles. The van der Waals surface area contributed by atoms with E-state index in [4.69, 9.17) is 4.74 Å². The largest absolute Gasteiger partial charge is 0.507 e. The van der Waals surface area contributed by atoms with Crippen LogP contribution in [-0.4, -0.2) is 12.2 Å². The summed E-state index contributed by atoms with van der Waals surface area (Å²) in [6.45, 7) is 7.17. The lowest BCUT2D eigenvalue weighted by Gasteiger charge is -2.19. The Morgan fingerprint density at radius 2 is 1.71 bits per heavy atom. The molecule has 2 rings (SSSR count). The van der Waals surface area contributed by atoms with Crippen molar-refractivity contribution >= 4 is 5.69 Å². The number of phenols is 1. The van der Waals surface area contributed by atoms with Gasteiger partial charge in [-0.1, -0.05) is 32.9 Å². The van der Waals surface area contributed by atoms with Crippen molar-refractivity contribution in [1.29, 1.82) is 0 Å². The molecule has 0 saturated heterocycles. The highest BCUT2D eigenvalue weighted by molar-refractivity contribution is 5.48. The number of phenolic OH excluding ortho intramolecular Hbond substituents is 1. The minimum absolute atomic E-state index is 0.160. The van der Waals surface area contributed by atoms with E-state index in [9.17, 15) is 5.11 Å². The van der Waals surface area contributed by atoms with Crippen LogP contribution in [0.3, 0.4) is 0 Å². The summed E-state index contributed by atoms with van der Waals surface area (Å²) in [5.74, 6) is 0.902. The minimum Gasteiger partial charge on any atom is -0.507 e. The highest BCUT2D eigenvalue weighted by Gasteiger charge is 2.12. The van der Waals surface area contributed by atoms with E-state index in [-0.39, 0.29) is 11.2 Å². The Bertz CT molecular complexity index is 598. The first kappa shape index (κ1) is 15.2. The van der Waals surface area contributed by atoms with Gasteiger partial charge < -0.3 is 15.2 Å². The summed E-state index contributed by atoms with van der Waals surface area (Å²) in [6, 6.07) is 13.7. The van der Waals surface area contributed by atoms with E-state index in [1.807, 2.05) is 12.1 Å². The van der Waals surface area contributed by atoms with Gasteiger partial charge in [0.25, 0.3) is 0 Å². The van der Waals surface area contributed by atoms with E-state index < -0.39 is 0 Å². The lowest BCUT2D eigenvalue weighted by Crippen LogP contribution is -2.10. The number of hydrogen-bond acceptors (Lipinski definition) is 3. The molecule has 0 saturated carbocycles. The van der Waals surface area contributed by atoms with Gasteiger partial charge in [0.05, 0.1) is 7.11 Å². The smallest absolute Gasteiger partial charge is 0.124 e. The van der Waals surface area contributed by atoms with Crippen molar-refractivity contribution in [2.45, 2.75) is 32.7 Å². The number of methoxy groups -OCH3 is 1. The molecule has 2 aromatic rings. The van der Waals surface area contributed by atoms with Gasteiger partial charge in [0, 0.05) is 23.9 Å². The number of rotatable bonds is 4. The topological polar surface area (TPSA) is 41.5 Å². The van der Waals surface area contributed by atoms with Gasteiger partial charge >= 0.3 is 0 Å². The van der Waals surface area contributed by atoms with Gasteiger partial charge in [-0.05, 0) is 35.2 Å². The molecule has 0 bridgehead atoms. The van der Waals surface area contributed by atoms with Crippen LogP contribution in [0.4, 0.5) is 5.69 Å². The minimum atomic E-state index is 0.160. The van der Waals surface area contributed by atoms with Gasteiger partial charge in [-0.2, -0.15) is 0 Å². The third-order valence-electron chi connectivity index (χ3n) is 3.53. The number of nitrogens with one attached hydrogen (secondary N) is 1.